The molecule has 0 fully saturated rings. The number of thiophene rings is 1. The largest absolute Gasteiger partial charge is 0.308 e. The van der Waals surface area contributed by atoms with E-state index < -0.39 is 14.6 Å². The van der Waals surface area contributed by atoms with Crippen LogP contribution in [0.5, 0.6) is 0 Å². The van der Waals surface area contributed by atoms with Gasteiger partial charge in [-0.15, -0.1) is 11.3 Å². The number of sulfone groups is 1. The molecule has 1 rings (SSSR count). The van der Waals surface area contributed by atoms with E-state index in [1.807, 2.05) is 18.4 Å². The summed E-state index contributed by atoms with van der Waals surface area (Å²) in [5.74, 6) is 0. The first-order valence-corrected chi connectivity index (χ1v) is 8.94. The first kappa shape index (κ1) is 15.1. The quantitative estimate of drug-likeness (QED) is 0.896. The predicted octanol–water partition coefficient (Wildman–Crippen LogP) is 2.98. The summed E-state index contributed by atoms with van der Waals surface area (Å²) in [5.41, 5.74) is 0. The standard InChI is InChI=1S/C11H18BrNO2S2/c1-5-13-10(9-8(12)6-7-16-9)11(2,3)17(4,14)15/h6-7,10,13H,5H2,1-4H3. The Balaban J connectivity index is 3.24. The minimum atomic E-state index is -3.14. The number of rotatable bonds is 5. The Morgan fingerprint density at radius 2 is 2.12 bits per heavy atom. The van der Waals surface area contributed by atoms with Gasteiger partial charge in [-0.1, -0.05) is 6.92 Å². The first-order chi connectivity index (χ1) is 7.71. The van der Waals surface area contributed by atoms with Crippen LogP contribution < -0.4 is 5.32 Å². The SMILES string of the molecule is CCNC(c1sccc1Br)C(C)(C)S(C)(=O)=O. The molecule has 0 aliphatic rings. The molecular weight excluding hydrogens is 322 g/mol. The molecule has 1 unspecified atom stereocenters. The lowest BCUT2D eigenvalue weighted by molar-refractivity contribution is 0.432. The molecule has 0 radical (unpaired) electrons. The van der Waals surface area contributed by atoms with E-state index in [0.29, 0.717) is 0 Å². The Kier molecular flexibility index (Phi) is 4.80. The zero-order valence-electron chi connectivity index (χ0n) is 10.5. The minimum Gasteiger partial charge on any atom is -0.308 e. The average Bonchev–Trinajstić information content (AvgIpc) is 2.58. The minimum absolute atomic E-state index is 0.197. The van der Waals surface area contributed by atoms with Gasteiger partial charge in [-0.25, -0.2) is 8.42 Å². The molecule has 0 aliphatic heterocycles. The van der Waals surface area contributed by atoms with Crippen molar-refractivity contribution < 1.29 is 8.42 Å². The van der Waals surface area contributed by atoms with E-state index >= 15 is 0 Å². The molecule has 0 saturated carbocycles. The van der Waals surface area contributed by atoms with Crippen LogP contribution in [0.25, 0.3) is 0 Å². The van der Waals surface area contributed by atoms with E-state index in [4.69, 9.17) is 0 Å². The van der Waals surface area contributed by atoms with Crippen molar-refractivity contribution in [2.24, 2.45) is 0 Å². The number of nitrogens with one attached hydrogen (secondary N) is 1. The molecule has 17 heavy (non-hydrogen) atoms. The van der Waals surface area contributed by atoms with Crippen molar-refractivity contribution in [1.82, 2.24) is 5.32 Å². The van der Waals surface area contributed by atoms with Crippen LogP contribution in [0.2, 0.25) is 0 Å². The Morgan fingerprint density at radius 1 is 1.53 bits per heavy atom. The molecule has 1 atom stereocenters. The second kappa shape index (κ2) is 5.38. The fourth-order valence-electron chi connectivity index (χ4n) is 1.58. The third-order valence-electron chi connectivity index (χ3n) is 2.97. The van der Waals surface area contributed by atoms with Gasteiger partial charge in [0.15, 0.2) is 9.84 Å². The smallest absolute Gasteiger partial charge is 0.154 e. The molecule has 1 N–H and O–H groups in total. The molecule has 6 heteroatoms. The maximum atomic E-state index is 11.9. The van der Waals surface area contributed by atoms with Crippen LogP contribution in [-0.2, 0) is 9.84 Å². The molecule has 0 spiro atoms. The Hall–Kier alpha value is 0.0900. The first-order valence-electron chi connectivity index (χ1n) is 5.37. The molecule has 3 nitrogen and oxygen atoms in total. The molecule has 0 aromatic carbocycles. The fraction of sp³-hybridized carbons (Fsp3) is 0.636. The van der Waals surface area contributed by atoms with Crippen molar-refractivity contribution in [3.8, 4) is 0 Å². The lowest BCUT2D eigenvalue weighted by Gasteiger charge is -2.33. The molecule has 98 valence electrons. The fourth-order valence-corrected chi connectivity index (χ4v) is 4.15. The van der Waals surface area contributed by atoms with E-state index in [9.17, 15) is 8.42 Å². The van der Waals surface area contributed by atoms with Gasteiger partial charge in [0.05, 0.1) is 10.8 Å². The summed E-state index contributed by atoms with van der Waals surface area (Å²) in [6.45, 7) is 6.24. The van der Waals surface area contributed by atoms with Gasteiger partial charge < -0.3 is 5.32 Å². The topological polar surface area (TPSA) is 46.2 Å². The highest BCUT2D eigenvalue weighted by atomic mass is 79.9. The number of halogens is 1. The molecular formula is C11H18BrNO2S2. The van der Waals surface area contributed by atoms with Gasteiger partial charge in [-0.05, 0) is 47.8 Å². The zero-order valence-corrected chi connectivity index (χ0v) is 13.7. The van der Waals surface area contributed by atoms with Gasteiger partial charge in [-0.2, -0.15) is 0 Å². The van der Waals surface area contributed by atoms with Gasteiger partial charge >= 0.3 is 0 Å². The normalized spacial score (nSPS) is 14.9. The van der Waals surface area contributed by atoms with Crippen LogP contribution in [0.15, 0.2) is 15.9 Å². The van der Waals surface area contributed by atoms with Crippen molar-refractivity contribution in [2.75, 3.05) is 12.8 Å². The van der Waals surface area contributed by atoms with Gasteiger partial charge in [0.1, 0.15) is 0 Å². The van der Waals surface area contributed by atoms with Crippen LogP contribution in [0, 0.1) is 0 Å². The van der Waals surface area contributed by atoms with Gasteiger partial charge in [0.2, 0.25) is 0 Å². The summed E-state index contributed by atoms with van der Waals surface area (Å²) in [7, 11) is -3.14. The molecule has 0 amide bonds. The second-order valence-corrected chi connectivity index (χ2v) is 8.90. The monoisotopic (exact) mass is 339 g/mol. The van der Waals surface area contributed by atoms with Crippen molar-refractivity contribution in [1.29, 1.82) is 0 Å². The summed E-state index contributed by atoms with van der Waals surface area (Å²) < 4.78 is 24.0. The van der Waals surface area contributed by atoms with Crippen molar-refractivity contribution in [2.45, 2.75) is 31.6 Å². The van der Waals surface area contributed by atoms with E-state index in [1.54, 1.807) is 25.2 Å². The maximum Gasteiger partial charge on any atom is 0.154 e. The Labute approximate surface area is 116 Å². The number of hydrogen-bond donors (Lipinski definition) is 1. The summed E-state index contributed by atoms with van der Waals surface area (Å²) in [6, 6.07) is 1.75. The molecule has 0 aliphatic carbocycles. The Morgan fingerprint density at radius 3 is 2.47 bits per heavy atom. The van der Waals surface area contributed by atoms with Crippen LogP contribution in [0.1, 0.15) is 31.7 Å². The third-order valence-corrected chi connectivity index (χ3v) is 7.05. The summed E-state index contributed by atoms with van der Waals surface area (Å²) in [6.07, 6.45) is 1.29. The van der Waals surface area contributed by atoms with E-state index in [2.05, 4.69) is 21.2 Å². The zero-order chi connectivity index (χ0) is 13.3. The third kappa shape index (κ3) is 3.10. The maximum absolute atomic E-state index is 11.9. The van der Waals surface area contributed by atoms with Crippen molar-refractivity contribution in [3.63, 3.8) is 0 Å². The van der Waals surface area contributed by atoms with Crippen LogP contribution in [0.4, 0.5) is 0 Å². The molecule has 1 aromatic rings. The second-order valence-electron chi connectivity index (χ2n) is 4.50. The van der Waals surface area contributed by atoms with Crippen LogP contribution >= 0.6 is 27.3 Å². The van der Waals surface area contributed by atoms with Crippen molar-refractivity contribution >= 4 is 37.1 Å². The molecule has 0 saturated heterocycles. The van der Waals surface area contributed by atoms with E-state index in [1.165, 1.54) is 6.26 Å². The lowest BCUT2D eigenvalue weighted by Crippen LogP contribution is -2.44. The van der Waals surface area contributed by atoms with Gasteiger partial charge in [-0.3, -0.25) is 0 Å². The van der Waals surface area contributed by atoms with Crippen LogP contribution in [-0.4, -0.2) is 26.0 Å². The van der Waals surface area contributed by atoms with Gasteiger partial charge in [0.25, 0.3) is 0 Å². The summed E-state index contributed by atoms with van der Waals surface area (Å²) in [5, 5.41) is 5.23. The molecule has 1 aromatic heterocycles. The van der Waals surface area contributed by atoms with E-state index in [0.717, 1.165) is 15.9 Å². The molecule has 0 bridgehead atoms. The van der Waals surface area contributed by atoms with E-state index in [-0.39, 0.29) is 6.04 Å². The highest BCUT2D eigenvalue weighted by Gasteiger charge is 2.40. The highest BCUT2D eigenvalue weighted by Crippen LogP contribution is 2.38. The number of hydrogen-bond acceptors (Lipinski definition) is 4. The van der Waals surface area contributed by atoms with Gasteiger partial charge in [0, 0.05) is 15.6 Å². The average molecular weight is 340 g/mol. The molecule has 1 heterocycles. The predicted molar refractivity (Wildman–Crippen MR) is 77.4 cm³/mol. The summed E-state index contributed by atoms with van der Waals surface area (Å²) in [4.78, 5) is 1.03. The lowest BCUT2D eigenvalue weighted by atomic mass is 10.0. The highest BCUT2D eigenvalue weighted by molar-refractivity contribution is 9.10. The van der Waals surface area contributed by atoms with Crippen molar-refractivity contribution in [3.05, 3.63) is 20.8 Å². The summed E-state index contributed by atoms with van der Waals surface area (Å²) >= 11 is 5.04. The Bertz CT molecular complexity index is 479. The van der Waals surface area contributed by atoms with Crippen LogP contribution in [0.3, 0.4) is 0 Å².